The van der Waals surface area contributed by atoms with Crippen molar-refractivity contribution in [2.45, 2.75) is 40.5 Å². The third kappa shape index (κ3) is 4.08. The van der Waals surface area contributed by atoms with Crippen LogP contribution in [0.5, 0.6) is 0 Å². The quantitative estimate of drug-likeness (QED) is 0.447. The van der Waals surface area contributed by atoms with Crippen molar-refractivity contribution in [3.63, 3.8) is 0 Å². The van der Waals surface area contributed by atoms with Gasteiger partial charge in [0.1, 0.15) is 11.5 Å². The number of halogens is 1. The predicted molar refractivity (Wildman–Crippen MR) is 123 cm³/mol. The van der Waals surface area contributed by atoms with Crippen molar-refractivity contribution >= 4 is 17.2 Å². The lowest BCUT2D eigenvalue weighted by Crippen LogP contribution is -2.18. The molecule has 4 rings (SSSR count). The number of amides is 1. The number of anilines is 1. The maximum atomic E-state index is 13.8. The molecule has 0 saturated heterocycles. The van der Waals surface area contributed by atoms with E-state index in [-0.39, 0.29) is 18.1 Å². The van der Waals surface area contributed by atoms with Gasteiger partial charge in [-0.25, -0.2) is 9.37 Å². The standard InChI is InChI=1S/C26H26FN3O/c1-5-19-8-6-7-17(3)25(19)29-24(31)14-22-26(20-10-11-21(27)18(4)13-20)28-23-12-9-16(2)15-30(22)23/h6-13,15H,5,14H2,1-4H3,(H,29,31). The number of hydrogen-bond acceptors (Lipinski definition) is 2. The average Bonchev–Trinajstić information content (AvgIpc) is 3.09. The summed E-state index contributed by atoms with van der Waals surface area (Å²) in [4.78, 5) is 17.9. The fraction of sp³-hybridized carbons (Fsp3) is 0.231. The topological polar surface area (TPSA) is 46.4 Å². The van der Waals surface area contributed by atoms with Crippen LogP contribution in [0.25, 0.3) is 16.9 Å². The summed E-state index contributed by atoms with van der Waals surface area (Å²) in [5, 5.41) is 3.11. The van der Waals surface area contributed by atoms with Crippen LogP contribution in [0.2, 0.25) is 0 Å². The molecule has 2 aromatic carbocycles. The molecule has 158 valence electrons. The Kier molecular flexibility index (Phi) is 5.59. The summed E-state index contributed by atoms with van der Waals surface area (Å²) in [5.41, 5.74) is 7.68. The lowest BCUT2D eigenvalue weighted by molar-refractivity contribution is -0.115. The van der Waals surface area contributed by atoms with Crippen LogP contribution in [-0.2, 0) is 17.6 Å². The van der Waals surface area contributed by atoms with E-state index < -0.39 is 0 Å². The van der Waals surface area contributed by atoms with E-state index in [1.54, 1.807) is 19.1 Å². The van der Waals surface area contributed by atoms with E-state index >= 15 is 0 Å². The molecule has 4 aromatic rings. The van der Waals surface area contributed by atoms with E-state index in [0.717, 1.165) is 45.7 Å². The van der Waals surface area contributed by atoms with Gasteiger partial charge in [0.15, 0.2) is 0 Å². The SMILES string of the molecule is CCc1cccc(C)c1NC(=O)Cc1c(-c2ccc(F)c(C)c2)nc2ccc(C)cn12. The van der Waals surface area contributed by atoms with Gasteiger partial charge in [0.2, 0.25) is 5.91 Å². The number of nitrogens with zero attached hydrogens (tertiary/aromatic N) is 2. The van der Waals surface area contributed by atoms with Crippen LogP contribution in [0, 0.1) is 26.6 Å². The maximum Gasteiger partial charge on any atom is 0.230 e. The first kappa shape index (κ1) is 20.8. The van der Waals surface area contributed by atoms with Crippen molar-refractivity contribution < 1.29 is 9.18 Å². The number of aryl methyl sites for hydroxylation is 4. The zero-order valence-corrected chi connectivity index (χ0v) is 18.3. The van der Waals surface area contributed by atoms with Gasteiger partial charge in [-0.3, -0.25) is 4.79 Å². The highest BCUT2D eigenvalue weighted by atomic mass is 19.1. The molecule has 0 spiro atoms. The molecule has 0 bridgehead atoms. The molecular formula is C26H26FN3O. The van der Waals surface area contributed by atoms with Gasteiger partial charge in [-0.1, -0.05) is 31.2 Å². The fourth-order valence-corrected chi connectivity index (χ4v) is 3.93. The largest absolute Gasteiger partial charge is 0.325 e. The van der Waals surface area contributed by atoms with Crippen LogP contribution in [0.3, 0.4) is 0 Å². The van der Waals surface area contributed by atoms with Gasteiger partial charge >= 0.3 is 0 Å². The smallest absolute Gasteiger partial charge is 0.230 e. The second-order valence-corrected chi connectivity index (χ2v) is 7.99. The Labute approximate surface area is 181 Å². The van der Waals surface area contributed by atoms with E-state index in [4.69, 9.17) is 4.98 Å². The zero-order valence-electron chi connectivity index (χ0n) is 18.3. The summed E-state index contributed by atoms with van der Waals surface area (Å²) in [6, 6.07) is 14.9. The highest BCUT2D eigenvalue weighted by Crippen LogP contribution is 2.28. The molecule has 0 aliphatic rings. The minimum atomic E-state index is -0.255. The molecule has 5 heteroatoms. The monoisotopic (exact) mass is 415 g/mol. The Bertz CT molecular complexity index is 1290. The number of carbonyl (C=O) groups is 1. The van der Waals surface area contributed by atoms with Gasteiger partial charge in [0.05, 0.1) is 17.8 Å². The number of aromatic nitrogens is 2. The van der Waals surface area contributed by atoms with Crippen LogP contribution in [0.1, 0.15) is 34.9 Å². The molecule has 4 nitrogen and oxygen atoms in total. The molecule has 2 aromatic heterocycles. The number of benzene rings is 2. The van der Waals surface area contributed by atoms with Crippen LogP contribution in [-0.4, -0.2) is 15.3 Å². The van der Waals surface area contributed by atoms with Crippen molar-refractivity contribution in [1.29, 1.82) is 0 Å². The molecular weight excluding hydrogens is 389 g/mol. The normalized spacial score (nSPS) is 11.1. The number of hydrogen-bond donors (Lipinski definition) is 1. The van der Waals surface area contributed by atoms with Gasteiger partial charge in [-0.2, -0.15) is 0 Å². The number of imidazole rings is 1. The lowest BCUT2D eigenvalue weighted by atomic mass is 10.0. The number of pyridine rings is 1. The Balaban J connectivity index is 1.76. The molecule has 31 heavy (non-hydrogen) atoms. The minimum absolute atomic E-state index is 0.104. The lowest BCUT2D eigenvalue weighted by Gasteiger charge is -2.13. The summed E-state index contributed by atoms with van der Waals surface area (Å²) < 4.78 is 15.8. The van der Waals surface area contributed by atoms with E-state index in [1.807, 2.05) is 54.8 Å². The van der Waals surface area contributed by atoms with Crippen LogP contribution < -0.4 is 5.32 Å². The average molecular weight is 416 g/mol. The van der Waals surface area contributed by atoms with Gasteiger partial charge < -0.3 is 9.72 Å². The molecule has 0 atom stereocenters. The molecule has 2 heterocycles. The Morgan fingerprint density at radius 1 is 1.06 bits per heavy atom. The first-order valence-electron chi connectivity index (χ1n) is 10.5. The molecule has 0 saturated carbocycles. The molecule has 0 aliphatic carbocycles. The van der Waals surface area contributed by atoms with Crippen molar-refractivity contribution in [2.75, 3.05) is 5.32 Å². The summed E-state index contributed by atoms with van der Waals surface area (Å²) in [7, 11) is 0. The van der Waals surface area contributed by atoms with E-state index in [2.05, 4.69) is 12.2 Å². The summed E-state index contributed by atoms with van der Waals surface area (Å²) in [6.07, 6.45) is 2.98. The number of carbonyl (C=O) groups excluding carboxylic acids is 1. The molecule has 0 unspecified atom stereocenters. The molecule has 1 amide bonds. The van der Waals surface area contributed by atoms with Crippen LogP contribution in [0.4, 0.5) is 10.1 Å². The highest BCUT2D eigenvalue weighted by molar-refractivity contribution is 5.94. The van der Waals surface area contributed by atoms with Crippen molar-refractivity contribution in [3.8, 4) is 11.3 Å². The Morgan fingerprint density at radius 2 is 1.87 bits per heavy atom. The van der Waals surface area contributed by atoms with E-state index in [1.165, 1.54) is 6.07 Å². The van der Waals surface area contributed by atoms with Gasteiger partial charge in [-0.15, -0.1) is 0 Å². The predicted octanol–water partition coefficient (Wildman–Crippen LogP) is 5.81. The number of para-hydroxylation sites is 1. The number of fused-ring (bicyclic) bond motifs is 1. The van der Waals surface area contributed by atoms with Gasteiger partial charge in [0.25, 0.3) is 0 Å². The summed E-state index contributed by atoms with van der Waals surface area (Å²) in [5.74, 6) is -0.360. The maximum absolute atomic E-state index is 13.8. The Hall–Kier alpha value is -3.47. The number of rotatable bonds is 5. The highest BCUT2D eigenvalue weighted by Gasteiger charge is 2.19. The zero-order chi connectivity index (χ0) is 22.1. The summed E-state index contributed by atoms with van der Waals surface area (Å²) >= 11 is 0. The third-order valence-corrected chi connectivity index (χ3v) is 5.63. The first-order chi connectivity index (χ1) is 14.9. The van der Waals surface area contributed by atoms with Gasteiger partial charge in [-0.05, 0) is 73.7 Å². The number of nitrogens with one attached hydrogen (secondary N) is 1. The van der Waals surface area contributed by atoms with Crippen LogP contribution >= 0.6 is 0 Å². The second-order valence-electron chi connectivity index (χ2n) is 7.99. The summed E-state index contributed by atoms with van der Waals surface area (Å²) in [6.45, 7) is 7.81. The molecule has 1 N–H and O–H groups in total. The van der Waals surface area contributed by atoms with Gasteiger partial charge in [0, 0.05) is 17.4 Å². The van der Waals surface area contributed by atoms with E-state index in [0.29, 0.717) is 11.3 Å². The third-order valence-electron chi connectivity index (χ3n) is 5.63. The Morgan fingerprint density at radius 3 is 2.61 bits per heavy atom. The van der Waals surface area contributed by atoms with Crippen molar-refractivity contribution in [1.82, 2.24) is 9.38 Å². The van der Waals surface area contributed by atoms with Crippen molar-refractivity contribution in [3.05, 3.63) is 88.5 Å². The molecule has 0 aliphatic heterocycles. The van der Waals surface area contributed by atoms with Crippen molar-refractivity contribution in [2.24, 2.45) is 0 Å². The minimum Gasteiger partial charge on any atom is -0.325 e. The molecule has 0 radical (unpaired) electrons. The van der Waals surface area contributed by atoms with E-state index in [9.17, 15) is 9.18 Å². The second kappa shape index (κ2) is 8.34. The molecule has 0 fully saturated rings. The fourth-order valence-electron chi connectivity index (χ4n) is 3.93. The van der Waals surface area contributed by atoms with Crippen LogP contribution in [0.15, 0.2) is 54.7 Å². The first-order valence-corrected chi connectivity index (χ1v) is 10.5.